The van der Waals surface area contributed by atoms with Gasteiger partial charge >= 0.3 is 0 Å². The maximum Gasteiger partial charge on any atom is 0.147 e. The Bertz CT molecular complexity index is 534. The highest BCUT2D eigenvalue weighted by Gasteiger charge is 2.07. The van der Waals surface area contributed by atoms with E-state index in [-0.39, 0.29) is 0 Å². The summed E-state index contributed by atoms with van der Waals surface area (Å²) in [5.74, 6) is 1.29. The molecule has 1 aromatic carbocycles. The predicted octanol–water partition coefficient (Wildman–Crippen LogP) is 3.75. The van der Waals surface area contributed by atoms with Crippen LogP contribution in [0.3, 0.4) is 0 Å². The Morgan fingerprint density at radius 1 is 1.35 bits per heavy atom. The lowest BCUT2D eigenvalue weighted by atomic mass is 10.2. The second-order valence-electron chi connectivity index (χ2n) is 3.36. The number of halogens is 2. The standard InChI is InChI=1S/C12H10BrClN2O/c13-11-2-1-3-12(10(11)5-15)17-9-4-8(14)6-16-7-9/h1-4,6-7H,5,15H2. The Morgan fingerprint density at radius 3 is 2.88 bits per heavy atom. The SMILES string of the molecule is NCc1c(Br)cccc1Oc1cncc(Cl)c1. The van der Waals surface area contributed by atoms with Gasteiger partial charge in [-0.15, -0.1) is 0 Å². The highest BCUT2D eigenvalue weighted by Crippen LogP contribution is 2.30. The van der Waals surface area contributed by atoms with Crippen LogP contribution in [0.2, 0.25) is 5.02 Å². The molecule has 5 heteroatoms. The summed E-state index contributed by atoms with van der Waals surface area (Å²) in [6.07, 6.45) is 3.16. The fourth-order valence-corrected chi connectivity index (χ4v) is 2.08. The third kappa shape index (κ3) is 2.97. The Morgan fingerprint density at radius 2 is 2.18 bits per heavy atom. The number of pyridine rings is 1. The second kappa shape index (κ2) is 5.49. The highest BCUT2D eigenvalue weighted by atomic mass is 79.9. The molecule has 1 heterocycles. The first-order valence-electron chi connectivity index (χ1n) is 4.96. The van der Waals surface area contributed by atoms with Crippen molar-refractivity contribution in [2.24, 2.45) is 5.73 Å². The van der Waals surface area contributed by atoms with Crippen LogP contribution >= 0.6 is 27.5 Å². The summed E-state index contributed by atoms with van der Waals surface area (Å²) in [6.45, 7) is 0.394. The summed E-state index contributed by atoms with van der Waals surface area (Å²) < 4.78 is 6.63. The number of nitrogens with two attached hydrogens (primary N) is 1. The minimum Gasteiger partial charge on any atom is -0.455 e. The van der Waals surface area contributed by atoms with Crippen LogP contribution in [0.5, 0.6) is 11.5 Å². The summed E-state index contributed by atoms with van der Waals surface area (Å²) in [6, 6.07) is 7.37. The van der Waals surface area contributed by atoms with Crippen molar-refractivity contribution in [1.29, 1.82) is 0 Å². The molecule has 2 N–H and O–H groups in total. The first kappa shape index (κ1) is 12.4. The molecule has 2 aromatic rings. The van der Waals surface area contributed by atoms with Crippen LogP contribution < -0.4 is 10.5 Å². The van der Waals surface area contributed by atoms with E-state index in [0.717, 1.165) is 10.0 Å². The molecular weight excluding hydrogens is 304 g/mol. The zero-order chi connectivity index (χ0) is 12.3. The van der Waals surface area contributed by atoms with Crippen molar-refractivity contribution in [2.75, 3.05) is 0 Å². The fraction of sp³-hybridized carbons (Fsp3) is 0.0833. The molecule has 0 fully saturated rings. The summed E-state index contributed by atoms with van der Waals surface area (Å²) in [7, 11) is 0. The molecular formula is C12H10BrClN2O. The number of rotatable bonds is 3. The van der Waals surface area contributed by atoms with Gasteiger partial charge in [-0.2, -0.15) is 0 Å². The minimum atomic E-state index is 0.394. The lowest BCUT2D eigenvalue weighted by molar-refractivity contribution is 0.473. The van der Waals surface area contributed by atoms with Gasteiger partial charge in [-0.05, 0) is 12.1 Å². The Balaban J connectivity index is 2.33. The quantitative estimate of drug-likeness (QED) is 0.939. The number of hydrogen-bond acceptors (Lipinski definition) is 3. The van der Waals surface area contributed by atoms with Gasteiger partial charge in [-0.3, -0.25) is 4.98 Å². The highest BCUT2D eigenvalue weighted by molar-refractivity contribution is 9.10. The van der Waals surface area contributed by atoms with Crippen molar-refractivity contribution in [3.63, 3.8) is 0 Å². The van der Waals surface area contributed by atoms with Gasteiger partial charge in [0.2, 0.25) is 0 Å². The van der Waals surface area contributed by atoms with E-state index in [1.807, 2.05) is 18.2 Å². The van der Waals surface area contributed by atoms with E-state index in [9.17, 15) is 0 Å². The topological polar surface area (TPSA) is 48.1 Å². The van der Waals surface area contributed by atoms with Gasteiger partial charge in [0.1, 0.15) is 11.5 Å². The summed E-state index contributed by atoms with van der Waals surface area (Å²) in [5, 5.41) is 0.534. The monoisotopic (exact) mass is 312 g/mol. The zero-order valence-corrected chi connectivity index (χ0v) is 11.2. The molecule has 0 atom stereocenters. The van der Waals surface area contributed by atoms with Gasteiger partial charge in [0.15, 0.2) is 0 Å². The van der Waals surface area contributed by atoms with Gasteiger partial charge in [-0.25, -0.2) is 0 Å². The fourth-order valence-electron chi connectivity index (χ4n) is 1.41. The molecule has 0 amide bonds. The molecule has 88 valence electrons. The molecule has 0 aliphatic carbocycles. The molecule has 0 unspecified atom stereocenters. The van der Waals surface area contributed by atoms with Gasteiger partial charge in [0.05, 0.1) is 11.2 Å². The normalized spacial score (nSPS) is 10.3. The van der Waals surface area contributed by atoms with Crippen LogP contribution in [0.15, 0.2) is 41.1 Å². The number of hydrogen-bond donors (Lipinski definition) is 1. The van der Waals surface area contributed by atoms with E-state index in [1.165, 1.54) is 0 Å². The summed E-state index contributed by atoms with van der Waals surface area (Å²) >= 11 is 9.27. The van der Waals surface area contributed by atoms with E-state index >= 15 is 0 Å². The third-order valence-electron chi connectivity index (χ3n) is 2.19. The first-order chi connectivity index (χ1) is 8.20. The number of ether oxygens (including phenoxy) is 1. The molecule has 1 aromatic heterocycles. The van der Waals surface area contributed by atoms with Gasteiger partial charge < -0.3 is 10.5 Å². The summed E-state index contributed by atoms with van der Waals surface area (Å²) in [5.41, 5.74) is 6.59. The largest absolute Gasteiger partial charge is 0.455 e. The Hall–Kier alpha value is -1.10. The maximum atomic E-state index is 5.84. The first-order valence-corrected chi connectivity index (χ1v) is 6.13. The third-order valence-corrected chi connectivity index (χ3v) is 3.14. The lowest BCUT2D eigenvalue weighted by Gasteiger charge is -2.11. The molecule has 0 bridgehead atoms. The minimum absolute atomic E-state index is 0.394. The molecule has 0 aliphatic heterocycles. The smallest absolute Gasteiger partial charge is 0.147 e. The molecule has 0 radical (unpaired) electrons. The molecule has 0 spiro atoms. The number of aromatic nitrogens is 1. The molecule has 3 nitrogen and oxygen atoms in total. The van der Waals surface area contributed by atoms with Gasteiger partial charge in [0.25, 0.3) is 0 Å². The number of nitrogens with zero attached hydrogens (tertiary/aromatic N) is 1. The zero-order valence-electron chi connectivity index (χ0n) is 8.86. The molecule has 0 aliphatic rings. The lowest BCUT2D eigenvalue weighted by Crippen LogP contribution is -2.00. The van der Waals surface area contributed by atoms with E-state index in [0.29, 0.717) is 23.1 Å². The number of benzene rings is 1. The Kier molecular flexibility index (Phi) is 3.99. The van der Waals surface area contributed by atoms with Crippen molar-refractivity contribution >= 4 is 27.5 Å². The second-order valence-corrected chi connectivity index (χ2v) is 4.65. The van der Waals surface area contributed by atoms with Crippen LogP contribution in [0.4, 0.5) is 0 Å². The van der Waals surface area contributed by atoms with Crippen molar-refractivity contribution < 1.29 is 4.74 Å². The van der Waals surface area contributed by atoms with Crippen LogP contribution in [-0.4, -0.2) is 4.98 Å². The van der Waals surface area contributed by atoms with Gasteiger partial charge in [0, 0.05) is 28.8 Å². The molecule has 0 saturated carbocycles. The van der Waals surface area contributed by atoms with Crippen LogP contribution in [0, 0.1) is 0 Å². The van der Waals surface area contributed by atoms with E-state index in [4.69, 9.17) is 22.1 Å². The van der Waals surface area contributed by atoms with Crippen LogP contribution in [0.25, 0.3) is 0 Å². The van der Waals surface area contributed by atoms with Gasteiger partial charge in [-0.1, -0.05) is 33.6 Å². The maximum absolute atomic E-state index is 5.84. The van der Waals surface area contributed by atoms with Crippen molar-refractivity contribution in [1.82, 2.24) is 4.98 Å². The van der Waals surface area contributed by atoms with Crippen molar-refractivity contribution in [3.8, 4) is 11.5 Å². The summed E-state index contributed by atoms with van der Waals surface area (Å²) in [4.78, 5) is 3.96. The average molecular weight is 314 g/mol. The molecule has 2 rings (SSSR count). The van der Waals surface area contributed by atoms with E-state index in [2.05, 4.69) is 20.9 Å². The van der Waals surface area contributed by atoms with Crippen LogP contribution in [-0.2, 0) is 6.54 Å². The predicted molar refractivity (Wildman–Crippen MR) is 71.4 cm³/mol. The van der Waals surface area contributed by atoms with E-state index in [1.54, 1.807) is 18.5 Å². The Labute approximate surface area is 113 Å². The van der Waals surface area contributed by atoms with Crippen LogP contribution in [0.1, 0.15) is 5.56 Å². The molecule has 0 saturated heterocycles. The van der Waals surface area contributed by atoms with Crippen molar-refractivity contribution in [2.45, 2.75) is 6.54 Å². The molecule has 17 heavy (non-hydrogen) atoms. The van der Waals surface area contributed by atoms with Crippen molar-refractivity contribution in [3.05, 3.63) is 51.7 Å². The van der Waals surface area contributed by atoms with E-state index < -0.39 is 0 Å². The average Bonchev–Trinajstić information content (AvgIpc) is 2.29.